The van der Waals surface area contributed by atoms with Gasteiger partial charge in [-0.3, -0.25) is 4.79 Å². The molecule has 0 saturated heterocycles. The summed E-state index contributed by atoms with van der Waals surface area (Å²) in [5.74, 6) is -0.236. The van der Waals surface area contributed by atoms with E-state index in [-0.39, 0.29) is 5.82 Å². The van der Waals surface area contributed by atoms with Gasteiger partial charge >= 0.3 is 0 Å². The molecule has 0 radical (unpaired) electrons. The van der Waals surface area contributed by atoms with Crippen LogP contribution in [0.15, 0.2) is 36.4 Å². The number of rotatable bonds is 3. The lowest BCUT2D eigenvalue weighted by Gasteiger charge is -2.07. The summed E-state index contributed by atoms with van der Waals surface area (Å²) < 4.78 is 14.9. The number of fused-ring (bicyclic) bond motifs is 1. The minimum Gasteiger partial charge on any atom is -0.305 e. The predicted octanol–water partition coefficient (Wildman–Crippen LogP) is 3.98. The molecule has 0 spiro atoms. The Morgan fingerprint density at radius 3 is 2.90 bits per heavy atom. The monoisotopic (exact) mass is 286 g/mol. The van der Waals surface area contributed by atoms with Crippen molar-refractivity contribution in [1.82, 2.24) is 4.98 Å². The normalized spacial score (nSPS) is 10.7. The average molecular weight is 286 g/mol. The second-order valence-electron chi connectivity index (χ2n) is 4.40. The summed E-state index contributed by atoms with van der Waals surface area (Å²) in [4.78, 5) is 14.7. The van der Waals surface area contributed by atoms with Gasteiger partial charge in [-0.05, 0) is 36.2 Å². The van der Waals surface area contributed by atoms with Crippen LogP contribution in [-0.2, 0) is 4.79 Å². The number of hydrogen-bond acceptors (Lipinski definition) is 3. The molecule has 1 amide bonds. The van der Waals surface area contributed by atoms with Crippen LogP contribution in [-0.4, -0.2) is 11.4 Å². The van der Waals surface area contributed by atoms with Crippen LogP contribution < -0.4 is 5.32 Å². The van der Waals surface area contributed by atoms with E-state index in [9.17, 15) is 9.18 Å². The van der Waals surface area contributed by atoms with Gasteiger partial charge in [0.1, 0.15) is 5.82 Å². The van der Waals surface area contributed by atoms with Gasteiger partial charge in [-0.2, -0.15) is 0 Å². The van der Waals surface area contributed by atoms with Crippen LogP contribution in [0.3, 0.4) is 0 Å². The van der Waals surface area contributed by atoms with Crippen LogP contribution in [0.2, 0.25) is 0 Å². The number of nitrogens with zero attached hydrogens (tertiary/aromatic N) is 1. The van der Waals surface area contributed by atoms with Crippen LogP contribution in [0.5, 0.6) is 0 Å². The van der Waals surface area contributed by atoms with E-state index in [1.165, 1.54) is 17.4 Å². The van der Waals surface area contributed by atoms with Gasteiger partial charge in [0.05, 0.1) is 10.2 Å². The summed E-state index contributed by atoms with van der Waals surface area (Å²) in [6.07, 6.45) is 0.597. The van der Waals surface area contributed by atoms with Gasteiger partial charge in [0, 0.05) is 5.56 Å². The number of anilines is 1. The highest BCUT2D eigenvalue weighted by atomic mass is 32.1. The molecule has 5 heteroatoms. The molecule has 0 atom stereocenters. The summed E-state index contributed by atoms with van der Waals surface area (Å²) in [6.45, 7) is 1.88. The van der Waals surface area contributed by atoms with Crippen molar-refractivity contribution in [3.8, 4) is 11.1 Å². The highest BCUT2D eigenvalue weighted by Gasteiger charge is 2.10. The lowest BCUT2D eigenvalue weighted by Crippen LogP contribution is -1.91. The fourth-order valence-corrected chi connectivity index (χ4v) is 3.05. The lowest BCUT2D eigenvalue weighted by atomic mass is 10.00. The SMILES string of the molecule is Cc1cccc(F)c1-c1ccc2nc(NC=O)sc2c1. The number of aromatic nitrogens is 1. The zero-order chi connectivity index (χ0) is 14.1. The predicted molar refractivity (Wildman–Crippen MR) is 79.4 cm³/mol. The average Bonchev–Trinajstić information content (AvgIpc) is 2.80. The highest BCUT2D eigenvalue weighted by Crippen LogP contribution is 2.32. The summed E-state index contributed by atoms with van der Waals surface area (Å²) >= 11 is 1.37. The number of carbonyl (C=O) groups is 1. The molecule has 0 aliphatic rings. The number of aryl methyl sites for hydroxylation is 1. The third-order valence-corrected chi connectivity index (χ3v) is 4.03. The van der Waals surface area contributed by atoms with Crippen LogP contribution >= 0.6 is 11.3 Å². The molecule has 3 aromatic rings. The number of carbonyl (C=O) groups excluding carboxylic acids is 1. The maximum absolute atomic E-state index is 14.0. The molecule has 0 aliphatic heterocycles. The zero-order valence-electron chi connectivity index (χ0n) is 10.7. The quantitative estimate of drug-likeness (QED) is 0.740. The molecule has 2 aromatic carbocycles. The Kier molecular flexibility index (Phi) is 3.20. The van der Waals surface area contributed by atoms with Gasteiger partial charge < -0.3 is 5.32 Å². The first kappa shape index (κ1) is 12.7. The third-order valence-electron chi connectivity index (χ3n) is 3.08. The van der Waals surface area contributed by atoms with E-state index < -0.39 is 0 Å². The van der Waals surface area contributed by atoms with Crippen molar-refractivity contribution < 1.29 is 9.18 Å². The Labute approximate surface area is 119 Å². The molecule has 1 aromatic heterocycles. The zero-order valence-corrected chi connectivity index (χ0v) is 11.5. The molecule has 1 heterocycles. The second kappa shape index (κ2) is 5.02. The summed E-state index contributed by atoms with van der Waals surface area (Å²) in [5, 5.41) is 3.07. The Balaban J connectivity index is 2.15. The summed E-state index contributed by atoms with van der Waals surface area (Å²) in [6, 6.07) is 10.6. The van der Waals surface area contributed by atoms with Crippen LogP contribution in [0.4, 0.5) is 9.52 Å². The lowest BCUT2D eigenvalue weighted by molar-refractivity contribution is -0.105. The van der Waals surface area contributed by atoms with Crippen LogP contribution in [0.25, 0.3) is 21.3 Å². The summed E-state index contributed by atoms with van der Waals surface area (Å²) in [7, 11) is 0. The number of amides is 1. The van der Waals surface area contributed by atoms with E-state index >= 15 is 0 Å². The Morgan fingerprint density at radius 2 is 2.15 bits per heavy atom. The van der Waals surface area contributed by atoms with Gasteiger partial charge in [-0.1, -0.05) is 29.5 Å². The number of benzene rings is 2. The van der Waals surface area contributed by atoms with Crippen molar-refractivity contribution in [3.05, 3.63) is 47.8 Å². The minimum atomic E-state index is -0.236. The van der Waals surface area contributed by atoms with Crippen LogP contribution in [0.1, 0.15) is 5.56 Å². The molecule has 3 rings (SSSR count). The van der Waals surface area contributed by atoms with Gasteiger partial charge in [0.15, 0.2) is 5.13 Å². The number of hydrogen-bond donors (Lipinski definition) is 1. The second-order valence-corrected chi connectivity index (χ2v) is 5.43. The first-order valence-electron chi connectivity index (χ1n) is 6.05. The number of halogens is 1. The Hall–Kier alpha value is -2.27. The molecule has 0 bridgehead atoms. The summed E-state index contributed by atoms with van der Waals surface area (Å²) in [5.41, 5.74) is 3.10. The molecule has 0 fully saturated rings. The molecule has 1 N–H and O–H groups in total. The molecule has 0 aliphatic carbocycles. The van der Waals surface area contributed by atoms with Gasteiger partial charge in [-0.25, -0.2) is 9.37 Å². The van der Waals surface area contributed by atoms with Crippen molar-refractivity contribution in [2.75, 3.05) is 5.32 Å². The van der Waals surface area contributed by atoms with E-state index in [1.807, 2.05) is 31.2 Å². The molecule has 0 unspecified atom stereocenters. The molecular weight excluding hydrogens is 275 g/mol. The Bertz CT molecular complexity index is 777. The minimum absolute atomic E-state index is 0.236. The third kappa shape index (κ3) is 2.16. The first-order valence-corrected chi connectivity index (χ1v) is 6.87. The fraction of sp³-hybridized carbons (Fsp3) is 0.0667. The van der Waals surface area contributed by atoms with Gasteiger partial charge in [0.2, 0.25) is 6.41 Å². The van der Waals surface area contributed by atoms with E-state index in [2.05, 4.69) is 10.3 Å². The number of thiazole rings is 1. The van der Waals surface area contributed by atoms with Crippen molar-refractivity contribution in [2.24, 2.45) is 0 Å². The van der Waals surface area contributed by atoms with E-state index in [1.54, 1.807) is 6.07 Å². The van der Waals surface area contributed by atoms with Crippen molar-refractivity contribution in [2.45, 2.75) is 6.92 Å². The number of nitrogens with one attached hydrogen (secondary N) is 1. The van der Waals surface area contributed by atoms with Gasteiger partial charge in [-0.15, -0.1) is 0 Å². The largest absolute Gasteiger partial charge is 0.305 e. The smallest absolute Gasteiger partial charge is 0.213 e. The molecule has 20 heavy (non-hydrogen) atoms. The Morgan fingerprint density at radius 1 is 1.30 bits per heavy atom. The highest BCUT2D eigenvalue weighted by molar-refractivity contribution is 7.22. The molecule has 100 valence electrons. The van der Waals surface area contributed by atoms with E-state index in [0.29, 0.717) is 17.1 Å². The maximum Gasteiger partial charge on any atom is 0.213 e. The topological polar surface area (TPSA) is 42.0 Å². The van der Waals surface area contributed by atoms with E-state index in [4.69, 9.17) is 0 Å². The van der Waals surface area contributed by atoms with Crippen molar-refractivity contribution in [3.63, 3.8) is 0 Å². The van der Waals surface area contributed by atoms with Gasteiger partial charge in [0.25, 0.3) is 0 Å². The fourth-order valence-electron chi connectivity index (χ4n) is 2.19. The van der Waals surface area contributed by atoms with Crippen molar-refractivity contribution in [1.29, 1.82) is 0 Å². The molecular formula is C15H11FN2OS. The molecule has 0 saturated carbocycles. The standard InChI is InChI=1S/C15H11FN2OS/c1-9-3-2-4-11(16)14(9)10-5-6-12-13(7-10)20-15(18-12)17-8-19/h2-8H,1H3,(H,17,18,19). The molecule has 3 nitrogen and oxygen atoms in total. The van der Waals surface area contributed by atoms with Crippen molar-refractivity contribution >= 4 is 33.1 Å². The van der Waals surface area contributed by atoms with Crippen LogP contribution in [0, 0.1) is 12.7 Å². The maximum atomic E-state index is 14.0. The first-order chi connectivity index (χ1) is 9.69. The van der Waals surface area contributed by atoms with E-state index in [0.717, 1.165) is 21.3 Å².